The molecule has 0 radical (unpaired) electrons. The first-order chi connectivity index (χ1) is 13.8. The predicted molar refractivity (Wildman–Crippen MR) is 107 cm³/mol. The molecule has 0 aliphatic rings. The Labute approximate surface area is 167 Å². The van der Waals surface area contributed by atoms with Gasteiger partial charge in [-0.15, -0.1) is 0 Å². The molecule has 3 aromatic rings. The lowest BCUT2D eigenvalue weighted by molar-refractivity contribution is -0.137. The number of hydrogen-bond donors (Lipinski definition) is 2. The van der Waals surface area contributed by atoms with Crippen LogP contribution >= 0.6 is 0 Å². The highest BCUT2D eigenvalue weighted by atomic mass is 19.4. The zero-order chi connectivity index (χ0) is 20.9. The third kappa shape index (κ3) is 5.84. The van der Waals surface area contributed by atoms with Gasteiger partial charge < -0.3 is 15.4 Å². The Morgan fingerprint density at radius 3 is 2.21 bits per heavy atom. The Morgan fingerprint density at radius 2 is 1.59 bits per heavy atom. The summed E-state index contributed by atoms with van der Waals surface area (Å²) >= 11 is 0. The summed E-state index contributed by atoms with van der Waals surface area (Å²) in [6.07, 6.45) is -3.82. The average molecular weight is 402 g/mol. The molecule has 0 unspecified atom stereocenters. The van der Waals surface area contributed by atoms with Gasteiger partial charge in [-0.1, -0.05) is 32.0 Å². The van der Waals surface area contributed by atoms with Crippen molar-refractivity contribution in [2.45, 2.75) is 20.0 Å². The molecule has 0 bridgehead atoms. The molecule has 29 heavy (non-hydrogen) atoms. The Morgan fingerprint density at radius 1 is 0.931 bits per heavy atom. The van der Waals surface area contributed by atoms with Gasteiger partial charge in [0.25, 0.3) is 0 Å². The van der Waals surface area contributed by atoms with E-state index in [0.29, 0.717) is 29.6 Å². The number of ether oxygens (including phenoxy) is 1. The van der Waals surface area contributed by atoms with Crippen molar-refractivity contribution in [1.82, 2.24) is 9.97 Å². The largest absolute Gasteiger partial charge is 0.493 e. The molecule has 0 aliphatic heterocycles. The highest BCUT2D eigenvalue weighted by molar-refractivity contribution is 5.63. The molecule has 5 nitrogen and oxygen atoms in total. The van der Waals surface area contributed by atoms with Gasteiger partial charge in [-0.05, 0) is 42.3 Å². The van der Waals surface area contributed by atoms with Gasteiger partial charge in [-0.25, -0.2) is 4.98 Å². The van der Waals surface area contributed by atoms with Gasteiger partial charge in [-0.3, -0.25) is 0 Å². The third-order valence-corrected chi connectivity index (χ3v) is 3.82. The second kappa shape index (κ2) is 8.81. The fourth-order valence-electron chi connectivity index (χ4n) is 2.43. The van der Waals surface area contributed by atoms with Crippen LogP contribution < -0.4 is 15.4 Å². The second-order valence-electron chi connectivity index (χ2n) is 6.80. The number of nitrogens with one attached hydrogen (secondary N) is 2. The van der Waals surface area contributed by atoms with Gasteiger partial charge in [0.05, 0.1) is 6.61 Å². The summed E-state index contributed by atoms with van der Waals surface area (Å²) in [7, 11) is 0. The normalized spacial score (nSPS) is 11.4. The van der Waals surface area contributed by atoms with Gasteiger partial charge in [0.2, 0.25) is 5.95 Å². The molecule has 1 aromatic heterocycles. The van der Waals surface area contributed by atoms with Crippen molar-refractivity contribution in [1.29, 1.82) is 0 Å². The van der Waals surface area contributed by atoms with E-state index in [1.165, 1.54) is 0 Å². The first-order valence-electron chi connectivity index (χ1n) is 9.07. The molecule has 0 amide bonds. The Bertz CT molecular complexity index is 929. The Hall–Kier alpha value is -3.29. The summed E-state index contributed by atoms with van der Waals surface area (Å²) < 4.78 is 45.8. The molecule has 1 heterocycles. The smallest absolute Gasteiger partial charge is 0.421 e. The summed E-state index contributed by atoms with van der Waals surface area (Å²) in [6, 6.07) is 15.6. The monoisotopic (exact) mass is 402 g/mol. The second-order valence-corrected chi connectivity index (χ2v) is 6.80. The van der Waals surface area contributed by atoms with Crippen molar-refractivity contribution in [3.05, 3.63) is 66.4 Å². The standard InChI is InChI=1S/C21H21F3N4O/c1-14(2)13-29-17-10-8-16(9-11-17)26-19-18(21(22,23)24)12-25-20(28-19)27-15-6-4-3-5-7-15/h3-12,14H,13H2,1-2H3,(H2,25,26,27,28). The quantitative estimate of drug-likeness (QED) is 0.506. The van der Waals surface area contributed by atoms with Crippen LogP contribution in [0.25, 0.3) is 0 Å². The topological polar surface area (TPSA) is 59.1 Å². The highest BCUT2D eigenvalue weighted by Crippen LogP contribution is 2.35. The number of anilines is 4. The zero-order valence-electron chi connectivity index (χ0n) is 16.0. The van der Waals surface area contributed by atoms with Crippen molar-refractivity contribution in [2.75, 3.05) is 17.2 Å². The summed E-state index contributed by atoms with van der Waals surface area (Å²) in [5.41, 5.74) is 0.179. The maximum absolute atomic E-state index is 13.4. The number of para-hydroxylation sites is 1. The minimum absolute atomic E-state index is 0.0589. The molecule has 0 saturated heterocycles. The minimum atomic E-state index is -4.59. The van der Waals surface area contributed by atoms with Gasteiger partial charge in [0.15, 0.2) is 0 Å². The summed E-state index contributed by atoms with van der Waals surface area (Å²) in [6.45, 7) is 4.63. The molecule has 0 atom stereocenters. The fourth-order valence-corrected chi connectivity index (χ4v) is 2.43. The molecular formula is C21H21F3N4O. The van der Waals surface area contributed by atoms with Crippen LogP contribution in [0.15, 0.2) is 60.8 Å². The lowest BCUT2D eigenvalue weighted by atomic mass is 10.2. The number of alkyl halides is 3. The van der Waals surface area contributed by atoms with Crippen molar-refractivity contribution >= 4 is 23.1 Å². The van der Waals surface area contributed by atoms with Crippen LogP contribution in [0.2, 0.25) is 0 Å². The van der Waals surface area contributed by atoms with Gasteiger partial charge in [0.1, 0.15) is 17.1 Å². The molecule has 2 N–H and O–H groups in total. The SMILES string of the molecule is CC(C)COc1ccc(Nc2nc(Nc3ccccc3)ncc2C(F)(F)F)cc1. The molecule has 152 valence electrons. The van der Waals surface area contributed by atoms with Gasteiger partial charge >= 0.3 is 6.18 Å². The number of halogens is 3. The van der Waals surface area contributed by atoms with Gasteiger partial charge in [0, 0.05) is 17.6 Å². The highest BCUT2D eigenvalue weighted by Gasteiger charge is 2.35. The van der Waals surface area contributed by atoms with E-state index >= 15 is 0 Å². The number of hydrogen-bond acceptors (Lipinski definition) is 5. The van der Waals surface area contributed by atoms with Crippen LogP contribution in [-0.2, 0) is 6.18 Å². The number of rotatable bonds is 7. The van der Waals surface area contributed by atoms with Crippen LogP contribution in [-0.4, -0.2) is 16.6 Å². The number of aromatic nitrogens is 2. The van der Waals surface area contributed by atoms with E-state index in [1.54, 1.807) is 48.5 Å². The van der Waals surface area contributed by atoms with E-state index in [4.69, 9.17) is 4.74 Å². The molecule has 8 heteroatoms. The van der Waals surface area contributed by atoms with Crippen LogP contribution in [0.4, 0.5) is 36.3 Å². The average Bonchev–Trinajstić information content (AvgIpc) is 2.67. The third-order valence-electron chi connectivity index (χ3n) is 3.82. The maximum atomic E-state index is 13.4. The van der Waals surface area contributed by atoms with Crippen molar-refractivity contribution in [2.24, 2.45) is 5.92 Å². The van der Waals surface area contributed by atoms with Crippen LogP contribution in [0.5, 0.6) is 5.75 Å². The lowest BCUT2D eigenvalue weighted by Gasteiger charge is -2.15. The minimum Gasteiger partial charge on any atom is -0.493 e. The van der Waals surface area contributed by atoms with E-state index in [0.717, 1.165) is 6.20 Å². The van der Waals surface area contributed by atoms with Crippen LogP contribution in [0, 0.1) is 5.92 Å². The first-order valence-corrected chi connectivity index (χ1v) is 9.07. The molecule has 2 aromatic carbocycles. The maximum Gasteiger partial charge on any atom is 0.421 e. The molecule has 0 saturated carbocycles. The molecule has 0 fully saturated rings. The van der Waals surface area contributed by atoms with Crippen molar-refractivity contribution in [3.63, 3.8) is 0 Å². The van der Waals surface area contributed by atoms with Crippen LogP contribution in [0.3, 0.4) is 0 Å². The molecule has 3 rings (SSSR count). The lowest BCUT2D eigenvalue weighted by Crippen LogP contribution is -2.12. The summed E-state index contributed by atoms with van der Waals surface area (Å²) in [5.74, 6) is 0.749. The van der Waals surface area contributed by atoms with Gasteiger partial charge in [-0.2, -0.15) is 18.2 Å². The number of nitrogens with zero attached hydrogens (tertiary/aromatic N) is 2. The predicted octanol–water partition coefficient (Wildman–Crippen LogP) is 6.02. The first kappa shape index (κ1) is 20.4. The molecule has 0 aliphatic carbocycles. The number of benzene rings is 2. The zero-order valence-corrected chi connectivity index (χ0v) is 16.0. The van der Waals surface area contributed by atoms with E-state index in [-0.39, 0.29) is 11.8 Å². The van der Waals surface area contributed by atoms with Crippen molar-refractivity contribution < 1.29 is 17.9 Å². The summed E-state index contributed by atoms with van der Waals surface area (Å²) in [5, 5.41) is 5.63. The van der Waals surface area contributed by atoms with Crippen molar-refractivity contribution in [3.8, 4) is 5.75 Å². The van der Waals surface area contributed by atoms with E-state index < -0.39 is 11.7 Å². The van der Waals surface area contributed by atoms with E-state index in [2.05, 4.69) is 20.6 Å². The van der Waals surface area contributed by atoms with Crippen LogP contribution in [0.1, 0.15) is 19.4 Å². The Kier molecular flexibility index (Phi) is 6.21. The fraction of sp³-hybridized carbons (Fsp3) is 0.238. The Balaban J connectivity index is 1.82. The van der Waals surface area contributed by atoms with E-state index in [9.17, 15) is 13.2 Å². The molecular weight excluding hydrogens is 381 g/mol. The molecule has 0 spiro atoms. The van der Waals surface area contributed by atoms with E-state index in [1.807, 2.05) is 19.9 Å². The summed E-state index contributed by atoms with van der Waals surface area (Å²) in [4.78, 5) is 7.82.